The number of carbonyl (C=O) groups excluding carboxylic acids is 1. The summed E-state index contributed by atoms with van der Waals surface area (Å²) >= 11 is 3.36. The lowest BCUT2D eigenvalue weighted by molar-refractivity contribution is 0.262. The van der Waals surface area contributed by atoms with E-state index in [4.69, 9.17) is 4.74 Å². The van der Waals surface area contributed by atoms with Gasteiger partial charge in [0.2, 0.25) is 0 Å². The van der Waals surface area contributed by atoms with E-state index < -0.39 is 0 Å². The molecule has 0 aliphatic rings. The molecule has 0 atom stereocenters. The molecule has 0 aliphatic heterocycles. The van der Waals surface area contributed by atoms with E-state index in [0.29, 0.717) is 0 Å². The molecule has 0 saturated carbocycles. The molecule has 0 fully saturated rings. The van der Waals surface area contributed by atoms with Gasteiger partial charge in [-0.3, -0.25) is 0 Å². The molecule has 4 nitrogen and oxygen atoms in total. The van der Waals surface area contributed by atoms with Crippen molar-refractivity contribution in [3.05, 3.63) is 53.0 Å². The Morgan fingerprint density at radius 1 is 0.957 bits per heavy atom. The van der Waals surface area contributed by atoms with Crippen molar-refractivity contribution in [2.45, 2.75) is 26.2 Å². The molecule has 2 rings (SSSR count). The number of benzene rings is 2. The minimum atomic E-state index is -0.274. The molecule has 2 aromatic carbocycles. The molecular weight excluding hydrogens is 356 g/mol. The van der Waals surface area contributed by atoms with E-state index >= 15 is 0 Å². The zero-order valence-electron chi connectivity index (χ0n) is 13.1. The maximum absolute atomic E-state index is 11.9. The lowest BCUT2D eigenvalue weighted by Gasteiger charge is -2.09. The molecule has 0 aliphatic carbocycles. The third kappa shape index (κ3) is 6.32. The first-order valence-corrected chi connectivity index (χ1v) is 8.53. The summed E-state index contributed by atoms with van der Waals surface area (Å²) < 4.78 is 6.61. The second kappa shape index (κ2) is 9.20. The highest BCUT2D eigenvalue weighted by Crippen LogP contribution is 2.17. The van der Waals surface area contributed by atoms with E-state index in [-0.39, 0.29) is 6.03 Å². The highest BCUT2D eigenvalue weighted by atomic mass is 79.9. The van der Waals surface area contributed by atoms with Gasteiger partial charge in [0.05, 0.1) is 6.61 Å². The number of hydrogen-bond donors (Lipinski definition) is 2. The summed E-state index contributed by atoms with van der Waals surface area (Å²) in [4.78, 5) is 11.9. The number of unbranched alkanes of at least 4 members (excludes halogenated alkanes) is 2. The van der Waals surface area contributed by atoms with Crippen LogP contribution in [-0.4, -0.2) is 12.6 Å². The van der Waals surface area contributed by atoms with Crippen molar-refractivity contribution in [3.63, 3.8) is 0 Å². The van der Waals surface area contributed by atoms with Crippen molar-refractivity contribution in [2.75, 3.05) is 17.2 Å². The number of hydrogen-bond acceptors (Lipinski definition) is 2. The second-order valence-electron chi connectivity index (χ2n) is 5.17. The smallest absolute Gasteiger partial charge is 0.323 e. The van der Waals surface area contributed by atoms with Gasteiger partial charge in [0.25, 0.3) is 0 Å². The topological polar surface area (TPSA) is 50.4 Å². The van der Waals surface area contributed by atoms with Crippen molar-refractivity contribution < 1.29 is 9.53 Å². The van der Waals surface area contributed by atoms with Crippen LogP contribution in [0, 0.1) is 0 Å². The minimum Gasteiger partial charge on any atom is -0.494 e. The maximum atomic E-state index is 11.9. The first-order chi connectivity index (χ1) is 11.2. The van der Waals surface area contributed by atoms with E-state index in [2.05, 4.69) is 33.5 Å². The lowest BCUT2D eigenvalue weighted by atomic mass is 10.2. The standard InChI is InChI=1S/C18H21BrN2O2/c1-2-3-4-13-23-17-11-9-16(10-12-17)21-18(22)20-15-7-5-14(19)6-8-15/h5-12H,2-4,13H2,1H3,(H2,20,21,22). The Hall–Kier alpha value is -2.01. The molecular formula is C18H21BrN2O2. The van der Waals surface area contributed by atoms with Gasteiger partial charge in [0.1, 0.15) is 5.75 Å². The third-order valence-electron chi connectivity index (χ3n) is 3.23. The van der Waals surface area contributed by atoms with E-state index in [0.717, 1.165) is 34.6 Å². The van der Waals surface area contributed by atoms with Crippen molar-refractivity contribution in [1.82, 2.24) is 0 Å². The first-order valence-electron chi connectivity index (χ1n) is 7.74. The van der Waals surface area contributed by atoms with Crippen LogP contribution in [0.25, 0.3) is 0 Å². The quantitative estimate of drug-likeness (QED) is 0.612. The average molecular weight is 377 g/mol. The number of carbonyl (C=O) groups is 1. The SMILES string of the molecule is CCCCCOc1ccc(NC(=O)Nc2ccc(Br)cc2)cc1. The molecule has 0 radical (unpaired) electrons. The molecule has 5 heteroatoms. The predicted molar refractivity (Wildman–Crippen MR) is 98.2 cm³/mol. The van der Waals surface area contributed by atoms with Crippen molar-refractivity contribution >= 4 is 33.3 Å². The summed E-state index contributed by atoms with van der Waals surface area (Å²) in [6.45, 7) is 2.89. The minimum absolute atomic E-state index is 0.274. The van der Waals surface area contributed by atoms with Gasteiger partial charge in [-0.25, -0.2) is 4.79 Å². The fraction of sp³-hybridized carbons (Fsp3) is 0.278. The molecule has 2 N–H and O–H groups in total. The molecule has 0 bridgehead atoms. The van der Waals surface area contributed by atoms with Gasteiger partial charge in [0.15, 0.2) is 0 Å². The summed E-state index contributed by atoms with van der Waals surface area (Å²) in [7, 11) is 0. The van der Waals surface area contributed by atoms with E-state index in [1.807, 2.05) is 48.5 Å². The highest BCUT2D eigenvalue weighted by molar-refractivity contribution is 9.10. The number of urea groups is 1. The summed E-state index contributed by atoms with van der Waals surface area (Å²) in [6, 6.07) is 14.5. The number of nitrogens with one attached hydrogen (secondary N) is 2. The zero-order chi connectivity index (χ0) is 16.5. The normalized spacial score (nSPS) is 10.2. The van der Waals surface area contributed by atoms with Crippen LogP contribution in [0.5, 0.6) is 5.75 Å². The molecule has 0 aromatic heterocycles. The van der Waals surface area contributed by atoms with Gasteiger partial charge in [-0.2, -0.15) is 0 Å². The summed E-state index contributed by atoms with van der Waals surface area (Å²) in [5, 5.41) is 5.57. The number of rotatable bonds is 7. The Kier molecular flexibility index (Phi) is 6.94. The van der Waals surface area contributed by atoms with Crippen LogP contribution in [0.3, 0.4) is 0 Å². The third-order valence-corrected chi connectivity index (χ3v) is 3.76. The fourth-order valence-electron chi connectivity index (χ4n) is 2.00. The fourth-order valence-corrected chi connectivity index (χ4v) is 2.27. The van der Waals surface area contributed by atoms with Crippen LogP contribution in [0.4, 0.5) is 16.2 Å². The van der Waals surface area contributed by atoms with E-state index in [1.54, 1.807) is 0 Å². The number of halogens is 1. The van der Waals surface area contributed by atoms with Gasteiger partial charge in [-0.05, 0) is 55.0 Å². The molecule has 2 amide bonds. The molecule has 23 heavy (non-hydrogen) atoms. The van der Waals surface area contributed by atoms with Crippen molar-refractivity contribution in [2.24, 2.45) is 0 Å². The van der Waals surface area contributed by atoms with Crippen LogP contribution in [0.1, 0.15) is 26.2 Å². The molecule has 0 saturated heterocycles. The largest absolute Gasteiger partial charge is 0.494 e. The molecule has 122 valence electrons. The summed E-state index contributed by atoms with van der Waals surface area (Å²) in [5.41, 5.74) is 1.46. The van der Waals surface area contributed by atoms with Gasteiger partial charge in [-0.1, -0.05) is 35.7 Å². The van der Waals surface area contributed by atoms with E-state index in [1.165, 1.54) is 12.8 Å². The van der Waals surface area contributed by atoms with Crippen LogP contribution in [0.15, 0.2) is 53.0 Å². The monoisotopic (exact) mass is 376 g/mol. The number of amides is 2. The number of anilines is 2. The lowest BCUT2D eigenvalue weighted by Crippen LogP contribution is -2.19. The van der Waals surface area contributed by atoms with Crippen molar-refractivity contribution in [3.8, 4) is 5.75 Å². The van der Waals surface area contributed by atoms with Crippen LogP contribution in [-0.2, 0) is 0 Å². The first kappa shape index (κ1) is 17.3. The van der Waals surface area contributed by atoms with Crippen LogP contribution >= 0.6 is 15.9 Å². The summed E-state index contributed by atoms with van der Waals surface area (Å²) in [5.74, 6) is 0.819. The highest BCUT2D eigenvalue weighted by Gasteiger charge is 2.03. The number of ether oxygens (including phenoxy) is 1. The maximum Gasteiger partial charge on any atom is 0.323 e. The Morgan fingerprint density at radius 3 is 2.09 bits per heavy atom. The van der Waals surface area contributed by atoms with Gasteiger partial charge >= 0.3 is 6.03 Å². The molecule has 2 aromatic rings. The second-order valence-corrected chi connectivity index (χ2v) is 6.08. The van der Waals surface area contributed by atoms with Crippen molar-refractivity contribution in [1.29, 1.82) is 0 Å². The molecule has 0 spiro atoms. The Bertz CT molecular complexity index is 612. The predicted octanol–water partition coefficient (Wildman–Crippen LogP) is 5.66. The summed E-state index contributed by atoms with van der Waals surface area (Å²) in [6.07, 6.45) is 3.42. The Balaban J connectivity index is 1.80. The van der Waals surface area contributed by atoms with Gasteiger partial charge in [-0.15, -0.1) is 0 Å². The average Bonchev–Trinajstić information content (AvgIpc) is 2.55. The van der Waals surface area contributed by atoms with Gasteiger partial charge < -0.3 is 15.4 Å². The Labute approximate surface area is 145 Å². The van der Waals surface area contributed by atoms with Crippen LogP contribution < -0.4 is 15.4 Å². The van der Waals surface area contributed by atoms with Gasteiger partial charge in [0, 0.05) is 15.8 Å². The zero-order valence-corrected chi connectivity index (χ0v) is 14.7. The van der Waals surface area contributed by atoms with Crippen LogP contribution in [0.2, 0.25) is 0 Å². The Morgan fingerprint density at radius 2 is 1.52 bits per heavy atom. The molecule has 0 heterocycles. The molecule has 0 unspecified atom stereocenters. The van der Waals surface area contributed by atoms with E-state index in [9.17, 15) is 4.79 Å².